The largest absolute Gasteiger partial charge is 0.508 e. The maximum Gasteiger partial charge on any atom is 0.508 e. The third-order valence-corrected chi connectivity index (χ3v) is 9.43. The van der Waals surface area contributed by atoms with E-state index in [9.17, 15) is 9.18 Å². The number of nitrogens with one attached hydrogen (secondary N) is 1. The Morgan fingerprint density at radius 2 is 2.11 bits per heavy atom. The summed E-state index contributed by atoms with van der Waals surface area (Å²) in [5, 5.41) is 8.40. The fourth-order valence-corrected chi connectivity index (χ4v) is 7.25. The molecule has 0 saturated carbocycles. The normalized spacial score (nSPS) is 25.1. The fourth-order valence-electron chi connectivity index (χ4n) is 6.95. The molecule has 6 bridgehead atoms. The minimum absolute atomic E-state index is 0.00665. The van der Waals surface area contributed by atoms with Crippen LogP contribution in [0.25, 0.3) is 33.1 Å². The molecule has 0 amide bonds. The molecule has 0 unspecified atom stereocenters. The Labute approximate surface area is 266 Å². The van der Waals surface area contributed by atoms with Crippen LogP contribution in [0.1, 0.15) is 18.4 Å². The van der Waals surface area contributed by atoms with E-state index in [1.807, 2.05) is 22.0 Å². The summed E-state index contributed by atoms with van der Waals surface area (Å²) < 4.78 is 54.3. The molecule has 4 aromatic rings. The number of aromatic amines is 1. The molecule has 5 aliphatic heterocycles. The van der Waals surface area contributed by atoms with Gasteiger partial charge in [0.1, 0.15) is 35.9 Å². The highest BCUT2D eigenvalue weighted by molar-refractivity contribution is 6.33. The number of halogens is 3. The van der Waals surface area contributed by atoms with E-state index in [0.717, 1.165) is 0 Å². The van der Waals surface area contributed by atoms with Gasteiger partial charge in [-0.15, -0.1) is 0 Å². The van der Waals surface area contributed by atoms with Gasteiger partial charge in [0.15, 0.2) is 5.82 Å². The van der Waals surface area contributed by atoms with Crippen molar-refractivity contribution in [3.05, 3.63) is 47.0 Å². The van der Waals surface area contributed by atoms with Gasteiger partial charge in [-0.05, 0) is 24.5 Å². The van der Waals surface area contributed by atoms with Crippen LogP contribution in [-0.4, -0.2) is 107 Å². The Balaban J connectivity index is 1.30. The predicted octanol–water partition coefficient (Wildman–Crippen LogP) is 4.40. The quantitative estimate of drug-likeness (QED) is 0.250. The van der Waals surface area contributed by atoms with Gasteiger partial charge in [0.25, 0.3) is 0 Å². The maximum atomic E-state index is 17.0. The van der Waals surface area contributed by atoms with Gasteiger partial charge in [-0.1, -0.05) is 23.8 Å². The van der Waals surface area contributed by atoms with Gasteiger partial charge in [0.05, 0.1) is 49.0 Å². The van der Waals surface area contributed by atoms with E-state index in [1.165, 1.54) is 6.20 Å². The monoisotopic (exact) mass is 653 g/mol. The Hall–Kier alpha value is -4.14. The Morgan fingerprint density at radius 3 is 3.02 bits per heavy atom. The van der Waals surface area contributed by atoms with Crippen molar-refractivity contribution in [3.8, 4) is 17.3 Å². The average molecular weight is 654 g/mol. The molecular weight excluding hydrogens is 624 g/mol. The Kier molecular flexibility index (Phi) is 7.37. The predicted molar refractivity (Wildman–Crippen MR) is 163 cm³/mol. The van der Waals surface area contributed by atoms with Crippen LogP contribution in [0, 0.1) is 5.82 Å². The number of pyridine rings is 1. The zero-order chi connectivity index (χ0) is 31.4. The van der Waals surface area contributed by atoms with E-state index in [4.69, 9.17) is 35.5 Å². The SMILES string of the molecule is O=C1OCCCc2c(Cl)cc3[nH]ncc3c2-c2ncc3c(nc(OC[C@@]45C=CCN4C[C@H](F)C5)nc3c2F)N2CCOC[C@H](C2)O1. The average Bonchev–Trinajstić information content (AvgIpc) is 3.68. The molecule has 3 atom stereocenters. The molecule has 5 aliphatic rings. The number of anilines is 1. The van der Waals surface area contributed by atoms with Crippen molar-refractivity contribution in [2.75, 3.05) is 57.5 Å². The second-order valence-electron chi connectivity index (χ2n) is 12.0. The number of rotatable bonds is 3. The summed E-state index contributed by atoms with van der Waals surface area (Å²) in [6.07, 6.45) is 5.64. The summed E-state index contributed by atoms with van der Waals surface area (Å²) >= 11 is 6.74. The molecule has 1 N–H and O–H groups in total. The number of alkyl halides is 1. The molecule has 240 valence electrons. The van der Waals surface area contributed by atoms with Gasteiger partial charge in [-0.2, -0.15) is 15.1 Å². The van der Waals surface area contributed by atoms with Crippen LogP contribution in [0.5, 0.6) is 6.01 Å². The van der Waals surface area contributed by atoms with Crippen molar-refractivity contribution in [2.24, 2.45) is 0 Å². The molecule has 15 heteroatoms. The summed E-state index contributed by atoms with van der Waals surface area (Å²) in [6, 6.07) is 1.66. The lowest BCUT2D eigenvalue weighted by atomic mass is 9.95. The van der Waals surface area contributed by atoms with Crippen LogP contribution in [-0.2, 0) is 20.6 Å². The lowest BCUT2D eigenvalue weighted by Crippen LogP contribution is -2.43. The second kappa shape index (κ2) is 11.6. The van der Waals surface area contributed by atoms with Crippen molar-refractivity contribution in [1.82, 2.24) is 30.0 Å². The van der Waals surface area contributed by atoms with E-state index >= 15 is 4.39 Å². The van der Waals surface area contributed by atoms with E-state index < -0.39 is 29.8 Å². The molecule has 46 heavy (non-hydrogen) atoms. The number of aromatic nitrogens is 5. The molecule has 9 rings (SSSR count). The van der Waals surface area contributed by atoms with Gasteiger partial charge in [0, 0.05) is 48.2 Å². The van der Waals surface area contributed by atoms with Crippen molar-refractivity contribution in [1.29, 1.82) is 0 Å². The number of carbonyl (C=O) groups is 1. The summed E-state index contributed by atoms with van der Waals surface area (Å²) in [5.74, 6) is -0.344. The lowest BCUT2D eigenvalue weighted by molar-refractivity contribution is -0.00448. The Morgan fingerprint density at radius 1 is 1.20 bits per heavy atom. The van der Waals surface area contributed by atoms with Crippen molar-refractivity contribution < 1.29 is 32.5 Å². The minimum Gasteiger partial charge on any atom is -0.461 e. The van der Waals surface area contributed by atoms with Gasteiger partial charge >= 0.3 is 12.2 Å². The molecule has 2 saturated heterocycles. The third-order valence-electron chi connectivity index (χ3n) is 9.09. The summed E-state index contributed by atoms with van der Waals surface area (Å²) in [5.41, 5.74) is 1.09. The molecule has 2 fully saturated rings. The smallest absolute Gasteiger partial charge is 0.461 e. The van der Waals surface area contributed by atoms with Crippen LogP contribution >= 0.6 is 11.6 Å². The lowest BCUT2D eigenvalue weighted by Gasteiger charge is -2.30. The highest BCUT2D eigenvalue weighted by Gasteiger charge is 2.47. The van der Waals surface area contributed by atoms with Crippen molar-refractivity contribution in [3.63, 3.8) is 0 Å². The number of fused-ring (bicyclic) bond motifs is 8. The highest BCUT2D eigenvalue weighted by Crippen LogP contribution is 2.41. The highest BCUT2D eigenvalue weighted by atomic mass is 35.5. The minimum atomic E-state index is -0.980. The number of H-pyrrole nitrogens is 1. The molecule has 0 radical (unpaired) electrons. The number of carbonyl (C=O) groups excluding carboxylic acids is 1. The number of benzene rings is 1. The molecule has 0 spiro atoms. The molecule has 12 nitrogen and oxygen atoms in total. The molecule has 3 aromatic heterocycles. The van der Waals surface area contributed by atoms with Crippen molar-refractivity contribution >= 4 is 45.4 Å². The first kappa shape index (κ1) is 29.3. The fraction of sp³-hybridized carbons (Fsp3) is 0.452. The first-order valence-corrected chi connectivity index (χ1v) is 15.6. The number of hydrogen-bond acceptors (Lipinski definition) is 11. The van der Waals surface area contributed by atoms with Crippen molar-refractivity contribution in [2.45, 2.75) is 37.1 Å². The van der Waals surface area contributed by atoms with Gasteiger partial charge in [0.2, 0.25) is 0 Å². The van der Waals surface area contributed by atoms with Crippen LogP contribution in [0.4, 0.5) is 19.4 Å². The molecule has 1 aromatic carbocycles. The summed E-state index contributed by atoms with van der Waals surface area (Å²) in [7, 11) is 0. The maximum absolute atomic E-state index is 17.0. The number of nitrogens with zero attached hydrogens (tertiary/aromatic N) is 6. The topological polar surface area (TPSA) is 128 Å². The first-order chi connectivity index (χ1) is 22.4. The number of hydrogen-bond donors (Lipinski definition) is 1. The van der Waals surface area contributed by atoms with Crippen LogP contribution in [0.3, 0.4) is 0 Å². The summed E-state index contributed by atoms with van der Waals surface area (Å²) in [6.45, 7) is 2.09. The van der Waals surface area contributed by atoms with E-state index in [0.29, 0.717) is 77.3 Å². The first-order valence-electron chi connectivity index (χ1n) is 15.3. The molecule has 8 heterocycles. The van der Waals surface area contributed by atoms with Crippen LogP contribution < -0.4 is 9.64 Å². The Bertz CT molecular complexity index is 1870. The summed E-state index contributed by atoms with van der Waals surface area (Å²) in [4.78, 5) is 30.4. The molecular formula is C31H30ClF2N7O5. The zero-order valence-electron chi connectivity index (χ0n) is 24.7. The van der Waals surface area contributed by atoms with Crippen LogP contribution in [0.15, 0.2) is 30.6 Å². The van der Waals surface area contributed by atoms with E-state index in [-0.39, 0.29) is 50.0 Å². The molecule has 0 aliphatic carbocycles. The standard InChI is InChI=1S/C31H30ClF2N7O5/c32-22-9-23-20(12-36-39-23)24-19(22)3-1-7-44-30(42)46-18-14-40(6-8-43-15-18)28-21-11-35-27(24)25(34)26(21)37-29(38-28)45-16-31-4-2-5-41(31)13-17(33)10-31/h2,4,9,11-12,17-18H,1,3,5-8,10,13-16H2,(H,36,39)/t17-,18+,31+/m1/s1. The van der Waals surface area contributed by atoms with E-state index in [2.05, 4.69) is 20.2 Å². The number of ether oxygens (including phenoxy) is 4. The second-order valence-corrected chi connectivity index (χ2v) is 12.4. The zero-order valence-corrected chi connectivity index (χ0v) is 25.4. The van der Waals surface area contributed by atoms with Crippen LogP contribution in [0.2, 0.25) is 5.02 Å². The van der Waals surface area contributed by atoms with Gasteiger partial charge in [-0.3, -0.25) is 15.0 Å². The van der Waals surface area contributed by atoms with Gasteiger partial charge < -0.3 is 23.8 Å². The van der Waals surface area contributed by atoms with E-state index in [1.54, 1.807) is 12.3 Å². The third kappa shape index (κ3) is 5.08. The van der Waals surface area contributed by atoms with Gasteiger partial charge in [-0.25, -0.2) is 13.6 Å².